The lowest BCUT2D eigenvalue weighted by atomic mass is 10.2. The second-order valence-corrected chi connectivity index (χ2v) is 4.29. The summed E-state index contributed by atoms with van der Waals surface area (Å²) >= 11 is 0. The zero-order chi connectivity index (χ0) is 13.9. The first-order chi connectivity index (χ1) is 9.78. The number of nitrogens with zero attached hydrogens (tertiary/aromatic N) is 2. The number of aromatic amines is 1. The lowest BCUT2D eigenvalue weighted by Gasteiger charge is -2.06. The summed E-state index contributed by atoms with van der Waals surface area (Å²) in [6.07, 6.45) is 0.706. The summed E-state index contributed by atoms with van der Waals surface area (Å²) in [5.74, 6) is 1.89. The predicted octanol–water partition coefficient (Wildman–Crippen LogP) is 1.03. The molecule has 0 spiro atoms. The van der Waals surface area contributed by atoms with Crippen molar-refractivity contribution in [2.75, 3.05) is 6.79 Å². The average Bonchev–Trinajstić information content (AvgIpc) is 3.13. The van der Waals surface area contributed by atoms with Crippen molar-refractivity contribution in [3.8, 4) is 11.5 Å². The van der Waals surface area contributed by atoms with Crippen LogP contribution in [0.4, 0.5) is 0 Å². The Morgan fingerprint density at radius 3 is 3.15 bits per heavy atom. The monoisotopic (exact) mass is 274 g/mol. The third-order valence-corrected chi connectivity index (χ3v) is 2.99. The third-order valence-electron chi connectivity index (χ3n) is 2.99. The molecule has 0 unspecified atom stereocenters. The number of aryl methyl sites for hydroxylation is 1. The molecule has 0 saturated heterocycles. The highest BCUT2D eigenvalue weighted by Gasteiger charge is 2.18. The highest BCUT2D eigenvalue weighted by atomic mass is 16.7. The van der Waals surface area contributed by atoms with Gasteiger partial charge in [0.25, 0.3) is 5.91 Å². The Kier molecular flexibility index (Phi) is 3.24. The van der Waals surface area contributed by atoms with E-state index in [1.165, 1.54) is 0 Å². The number of ether oxygens (including phenoxy) is 2. The lowest BCUT2D eigenvalue weighted by Crippen LogP contribution is -2.24. The van der Waals surface area contributed by atoms with Crippen LogP contribution in [0.15, 0.2) is 18.2 Å². The fraction of sp³-hybridized carbons (Fsp3) is 0.308. The molecule has 1 aliphatic rings. The fourth-order valence-electron chi connectivity index (χ4n) is 1.94. The highest BCUT2D eigenvalue weighted by molar-refractivity contribution is 5.90. The van der Waals surface area contributed by atoms with Gasteiger partial charge in [0.2, 0.25) is 12.6 Å². The molecular formula is C13H14N4O3. The molecule has 0 bridgehead atoms. The zero-order valence-corrected chi connectivity index (χ0v) is 11.0. The van der Waals surface area contributed by atoms with Gasteiger partial charge in [0.05, 0.1) is 0 Å². The van der Waals surface area contributed by atoms with Crippen LogP contribution < -0.4 is 14.8 Å². The Bertz CT molecular complexity index is 638. The number of para-hydroxylation sites is 1. The molecule has 1 amide bonds. The van der Waals surface area contributed by atoms with Crippen LogP contribution in [0.5, 0.6) is 11.5 Å². The molecule has 0 saturated carbocycles. The van der Waals surface area contributed by atoms with Gasteiger partial charge in [-0.1, -0.05) is 19.1 Å². The first-order valence-corrected chi connectivity index (χ1v) is 6.35. The quantitative estimate of drug-likeness (QED) is 0.869. The van der Waals surface area contributed by atoms with E-state index in [4.69, 9.17) is 9.47 Å². The van der Waals surface area contributed by atoms with Crippen LogP contribution in [0.25, 0.3) is 0 Å². The standard InChI is InChI=1S/C13H14N4O3/c1-2-10-15-12(17-16-10)13(18)14-6-8-4-3-5-9-11(8)20-7-19-9/h3-5H,2,6-7H2,1H3,(H,14,18)(H,15,16,17). The van der Waals surface area contributed by atoms with Crippen molar-refractivity contribution >= 4 is 5.91 Å². The smallest absolute Gasteiger partial charge is 0.291 e. The molecule has 2 heterocycles. The molecule has 0 aliphatic carbocycles. The van der Waals surface area contributed by atoms with Crippen LogP contribution in [0.1, 0.15) is 28.9 Å². The minimum absolute atomic E-state index is 0.145. The van der Waals surface area contributed by atoms with E-state index in [2.05, 4.69) is 20.5 Å². The molecule has 0 atom stereocenters. The van der Waals surface area contributed by atoms with E-state index in [0.29, 0.717) is 30.3 Å². The van der Waals surface area contributed by atoms with Crippen LogP contribution in [-0.2, 0) is 13.0 Å². The number of fused-ring (bicyclic) bond motifs is 1. The van der Waals surface area contributed by atoms with E-state index in [9.17, 15) is 4.79 Å². The number of hydrogen-bond acceptors (Lipinski definition) is 5. The predicted molar refractivity (Wildman–Crippen MR) is 69.5 cm³/mol. The summed E-state index contributed by atoms with van der Waals surface area (Å²) in [5.41, 5.74) is 0.861. The van der Waals surface area contributed by atoms with Crippen LogP contribution in [0, 0.1) is 0 Å². The maximum absolute atomic E-state index is 11.9. The molecule has 7 heteroatoms. The molecule has 2 N–H and O–H groups in total. The van der Waals surface area contributed by atoms with Gasteiger partial charge in [0, 0.05) is 18.5 Å². The molecule has 20 heavy (non-hydrogen) atoms. The number of rotatable bonds is 4. The normalized spacial score (nSPS) is 12.4. The van der Waals surface area contributed by atoms with Gasteiger partial charge in [-0.15, -0.1) is 5.10 Å². The van der Waals surface area contributed by atoms with Gasteiger partial charge in [-0.2, -0.15) is 0 Å². The molecule has 7 nitrogen and oxygen atoms in total. The summed E-state index contributed by atoms with van der Waals surface area (Å²) < 4.78 is 10.7. The Morgan fingerprint density at radius 2 is 2.35 bits per heavy atom. The van der Waals surface area contributed by atoms with E-state index in [0.717, 1.165) is 5.56 Å². The number of aromatic nitrogens is 3. The molecule has 0 radical (unpaired) electrons. The zero-order valence-electron chi connectivity index (χ0n) is 11.0. The summed E-state index contributed by atoms with van der Waals surface area (Å²) in [6.45, 7) is 2.48. The van der Waals surface area contributed by atoms with Gasteiger partial charge in [-0.05, 0) is 6.07 Å². The Labute approximate surface area is 115 Å². The van der Waals surface area contributed by atoms with Crippen molar-refractivity contribution in [3.05, 3.63) is 35.4 Å². The largest absolute Gasteiger partial charge is 0.454 e. The summed E-state index contributed by atoms with van der Waals surface area (Å²) in [7, 11) is 0. The number of carbonyl (C=O) groups is 1. The Morgan fingerprint density at radius 1 is 1.45 bits per heavy atom. The number of nitrogens with one attached hydrogen (secondary N) is 2. The summed E-state index contributed by atoms with van der Waals surface area (Å²) in [5, 5.41) is 9.34. The van der Waals surface area contributed by atoms with Gasteiger partial charge in [0.1, 0.15) is 5.82 Å². The number of carbonyl (C=O) groups excluding carboxylic acids is 1. The Balaban J connectivity index is 1.68. The summed E-state index contributed by atoms with van der Waals surface area (Å²) in [6, 6.07) is 5.57. The molecule has 1 aliphatic heterocycles. The van der Waals surface area contributed by atoms with Gasteiger partial charge < -0.3 is 14.8 Å². The molecule has 1 aromatic heterocycles. The minimum Gasteiger partial charge on any atom is -0.454 e. The van der Waals surface area contributed by atoms with Gasteiger partial charge in [-0.25, -0.2) is 4.98 Å². The van der Waals surface area contributed by atoms with Crippen LogP contribution in [0.2, 0.25) is 0 Å². The van der Waals surface area contributed by atoms with Crippen molar-refractivity contribution in [2.24, 2.45) is 0 Å². The first kappa shape index (κ1) is 12.5. The molecular weight excluding hydrogens is 260 g/mol. The van der Waals surface area contributed by atoms with Crippen LogP contribution in [-0.4, -0.2) is 27.9 Å². The fourth-order valence-corrected chi connectivity index (χ4v) is 1.94. The van der Waals surface area contributed by atoms with E-state index < -0.39 is 0 Å². The minimum atomic E-state index is -0.322. The van der Waals surface area contributed by atoms with E-state index in [1.54, 1.807) is 0 Å². The second-order valence-electron chi connectivity index (χ2n) is 4.29. The van der Waals surface area contributed by atoms with E-state index in [-0.39, 0.29) is 18.5 Å². The van der Waals surface area contributed by atoms with Crippen LogP contribution in [0.3, 0.4) is 0 Å². The van der Waals surface area contributed by atoms with Gasteiger partial charge in [0.15, 0.2) is 11.5 Å². The molecule has 2 aromatic rings. The number of H-pyrrole nitrogens is 1. The van der Waals surface area contributed by atoms with Gasteiger partial charge >= 0.3 is 0 Å². The van der Waals surface area contributed by atoms with Crippen LogP contribution >= 0.6 is 0 Å². The van der Waals surface area contributed by atoms with Crippen molar-refractivity contribution in [1.29, 1.82) is 0 Å². The SMILES string of the molecule is CCc1nc(C(=O)NCc2cccc3c2OCO3)n[nH]1. The lowest BCUT2D eigenvalue weighted by molar-refractivity contribution is 0.0940. The van der Waals surface area contributed by atoms with E-state index >= 15 is 0 Å². The van der Waals surface area contributed by atoms with Crippen molar-refractivity contribution < 1.29 is 14.3 Å². The van der Waals surface area contributed by atoms with Crippen molar-refractivity contribution in [3.63, 3.8) is 0 Å². The molecule has 104 valence electrons. The van der Waals surface area contributed by atoms with Crippen molar-refractivity contribution in [2.45, 2.75) is 19.9 Å². The number of hydrogen-bond donors (Lipinski definition) is 2. The molecule has 0 fully saturated rings. The maximum atomic E-state index is 11.9. The van der Waals surface area contributed by atoms with Crippen molar-refractivity contribution in [1.82, 2.24) is 20.5 Å². The highest BCUT2D eigenvalue weighted by Crippen LogP contribution is 2.35. The Hall–Kier alpha value is -2.57. The molecule has 3 rings (SSSR count). The number of amides is 1. The topological polar surface area (TPSA) is 89.1 Å². The third kappa shape index (κ3) is 2.29. The molecule has 1 aromatic carbocycles. The number of benzene rings is 1. The summed E-state index contributed by atoms with van der Waals surface area (Å²) in [4.78, 5) is 16.0. The average molecular weight is 274 g/mol. The second kappa shape index (κ2) is 5.20. The maximum Gasteiger partial charge on any atom is 0.291 e. The van der Waals surface area contributed by atoms with Gasteiger partial charge in [-0.3, -0.25) is 9.89 Å². The van der Waals surface area contributed by atoms with E-state index in [1.807, 2.05) is 25.1 Å². The first-order valence-electron chi connectivity index (χ1n) is 6.35.